The Morgan fingerprint density at radius 2 is 1.77 bits per heavy atom. The molecule has 0 saturated heterocycles. The number of hydrogen-bond donors (Lipinski definition) is 1. The van der Waals surface area contributed by atoms with Crippen molar-refractivity contribution < 1.29 is 27.1 Å². The molecule has 1 amide bonds. The fraction of sp³-hybridized carbons (Fsp3) is 0.235. The van der Waals surface area contributed by atoms with E-state index in [1.807, 2.05) is 0 Å². The monoisotopic (exact) mass is 380 g/mol. The van der Waals surface area contributed by atoms with Gasteiger partial charge in [-0.3, -0.25) is 9.10 Å². The molecule has 1 N–H and O–H groups in total. The Morgan fingerprint density at radius 3 is 2.42 bits per heavy atom. The minimum Gasteiger partial charge on any atom is -0.486 e. The summed E-state index contributed by atoms with van der Waals surface area (Å²) < 4.78 is 49.1. The van der Waals surface area contributed by atoms with E-state index in [0.29, 0.717) is 30.4 Å². The molecule has 0 aliphatic carbocycles. The summed E-state index contributed by atoms with van der Waals surface area (Å²) >= 11 is 0. The van der Waals surface area contributed by atoms with Crippen LogP contribution in [0.4, 0.5) is 15.8 Å². The molecule has 0 spiro atoms. The van der Waals surface area contributed by atoms with E-state index in [2.05, 4.69) is 5.32 Å². The molecular weight excluding hydrogens is 363 g/mol. The highest BCUT2D eigenvalue weighted by Crippen LogP contribution is 2.34. The predicted octanol–water partition coefficient (Wildman–Crippen LogP) is 2.00. The molecule has 26 heavy (non-hydrogen) atoms. The minimum atomic E-state index is -3.72. The molecule has 138 valence electrons. The van der Waals surface area contributed by atoms with Gasteiger partial charge in [-0.15, -0.1) is 0 Å². The molecule has 0 bridgehead atoms. The molecule has 0 radical (unpaired) electrons. The molecule has 0 saturated carbocycles. The maximum Gasteiger partial charge on any atom is 0.245 e. The second-order valence-corrected chi connectivity index (χ2v) is 7.56. The Kier molecular flexibility index (Phi) is 4.99. The molecule has 0 aromatic heterocycles. The number of nitrogens with zero attached hydrogens (tertiary/aromatic N) is 1. The standard InChI is InChI=1S/C17H17FN2O5S/c1-26(22,23)20(11-17(21)19-13-4-2-12(18)3-5-13)14-6-7-15-16(10-14)25-9-8-24-15/h2-7,10H,8-9,11H2,1H3,(H,19,21). The average Bonchev–Trinajstić information content (AvgIpc) is 2.60. The van der Waals surface area contributed by atoms with Gasteiger partial charge in [0.1, 0.15) is 25.6 Å². The predicted molar refractivity (Wildman–Crippen MR) is 94.7 cm³/mol. The lowest BCUT2D eigenvalue weighted by atomic mass is 10.2. The number of hydrogen-bond acceptors (Lipinski definition) is 5. The van der Waals surface area contributed by atoms with Crippen molar-refractivity contribution in [2.24, 2.45) is 0 Å². The van der Waals surface area contributed by atoms with Gasteiger partial charge < -0.3 is 14.8 Å². The Bertz CT molecular complexity index is 915. The van der Waals surface area contributed by atoms with Gasteiger partial charge in [0.25, 0.3) is 0 Å². The van der Waals surface area contributed by atoms with Crippen molar-refractivity contribution in [1.82, 2.24) is 0 Å². The molecule has 3 rings (SSSR count). The molecule has 7 nitrogen and oxygen atoms in total. The minimum absolute atomic E-state index is 0.283. The zero-order chi connectivity index (χ0) is 18.7. The molecule has 0 fully saturated rings. The van der Waals surface area contributed by atoms with Crippen LogP contribution < -0.4 is 19.1 Å². The summed E-state index contributed by atoms with van der Waals surface area (Å²) in [6, 6.07) is 9.83. The second kappa shape index (κ2) is 7.20. The van der Waals surface area contributed by atoms with Crippen LogP contribution in [-0.4, -0.2) is 40.3 Å². The van der Waals surface area contributed by atoms with Gasteiger partial charge in [-0.25, -0.2) is 12.8 Å². The highest BCUT2D eigenvalue weighted by Gasteiger charge is 2.23. The molecule has 2 aromatic carbocycles. The summed E-state index contributed by atoms with van der Waals surface area (Å²) in [7, 11) is -3.72. The number of amides is 1. The summed E-state index contributed by atoms with van der Waals surface area (Å²) in [5.74, 6) is -0.0560. The van der Waals surface area contributed by atoms with Crippen molar-refractivity contribution in [3.8, 4) is 11.5 Å². The van der Waals surface area contributed by atoms with Gasteiger partial charge in [0, 0.05) is 11.8 Å². The van der Waals surface area contributed by atoms with Gasteiger partial charge in [-0.1, -0.05) is 0 Å². The molecule has 1 aliphatic heterocycles. The number of fused-ring (bicyclic) bond motifs is 1. The second-order valence-electron chi connectivity index (χ2n) is 5.65. The van der Waals surface area contributed by atoms with Crippen molar-refractivity contribution in [2.75, 3.05) is 35.6 Å². The summed E-state index contributed by atoms with van der Waals surface area (Å²) in [6.07, 6.45) is 1.01. The van der Waals surface area contributed by atoms with E-state index in [4.69, 9.17) is 9.47 Å². The molecule has 0 atom stereocenters. The fourth-order valence-corrected chi connectivity index (χ4v) is 3.30. The van der Waals surface area contributed by atoms with Gasteiger partial charge in [0.15, 0.2) is 11.5 Å². The summed E-state index contributed by atoms with van der Waals surface area (Å²) in [4.78, 5) is 12.2. The van der Waals surface area contributed by atoms with Crippen LogP contribution in [0.5, 0.6) is 11.5 Å². The number of carbonyl (C=O) groups is 1. The molecule has 2 aromatic rings. The van der Waals surface area contributed by atoms with Crippen LogP contribution in [0.2, 0.25) is 0 Å². The van der Waals surface area contributed by atoms with Crippen molar-refractivity contribution >= 4 is 27.3 Å². The first-order valence-corrected chi connectivity index (χ1v) is 9.60. The lowest BCUT2D eigenvalue weighted by Crippen LogP contribution is -2.37. The van der Waals surface area contributed by atoms with E-state index < -0.39 is 28.3 Å². The fourth-order valence-electron chi connectivity index (χ4n) is 2.45. The van der Waals surface area contributed by atoms with Gasteiger partial charge in [0.05, 0.1) is 11.9 Å². The lowest BCUT2D eigenvalue weighted by molar-refractivity contribution is -0.114. The lowest BCUT2D eigenvalue weighted by Gasteiger charge is -2.24. The van der Waals surface area contributed by atoms with E-state index in [-0.39, 0.29) is 5.69 Å². The maximum atomic E-state index is 12.9. The third-order valence-electron chi connectivity index (χ3n) is 3.63. The molecule has 0 unspecified atom stereocenters. The van der Waals surface area contributed by atoms with E-state index >= 15 is 0 Å². The number of benzene rings is 2. The highest BCUT2D eigenvalue weighted by atomic mass is 32.2. The average molecular weight is 380 g/mol. The van der Waals surface area contributed by atoms with Crippen LogP contribution in [0.3, 0.4) is 0 Å². The number of rotatable bonds is 5. The Morgan fingerprint density at radius 1 is 1.12 bits per heavy atom. The molecule has 1 aliphatic rings. The first-order valence-electron chi connectivity index (χ1n) is 7.76. The van der Waals surface area contributed by atoms with Crippen LogP contribution in [0.15, 0.2) is 42.5 Å². The normalized spacial score (nSPS) is 13.2. The zero-order valence-electron chi connectivity index (χ0n) is 13.9. The number of sulfonamides is 1. The third-order valence-corrected chi connectivity index (χ3v) is 4.77. The molecule has 1 heterocycles. The van der Waals surface area contributed by atoms with Crippen molar-refractivity contribution in [3.63, 3.8) is 0 Å². The summed E-state index contributed by atoms with van der Waals surface area (Å²) in [6.45, 7) is 0.346. The largest absolute Gasteiger partial charge is 0.486 e. The van der Waals surface area contributed by atoms with Gasteiger partial charge in [-0.05, 0) is 36.4 Å². The van der Waals surface area contributed by atoms with E-state index in [1.165, 1.54) is 30.3 Å². The van der Waals surface area contributed by atoms with Crippen molar-refractivity contribution in [2.45, 2.75) is 0 Å². The number of nitrogens with one attached hydrogen (secondary N) is 1. The molecule has 9 heteroatoms. The SMILES string of the molecule is CS(=O)(=O)N(CC(=O)Nc1ccc(F)cc1)c1ccc2c(c1)OCCO2. The van der Waals surface area contributed by atoms with E-state index in [1.54, 1.807) is 12.1 Å². The Balaban J connectivity index is 1.80. The van der Waals surface area contributed by atoms with E-state index in [9.17, 15) is 17.6 Å². The van der Waals surface area contributed by atoms with Crippen LogP contribution in [0.25, 0.3) is 0 Å². The quantitative estimate of drug-likeness (QED) is 0.858. The first kappa shape index (κ1) is 18.0. The van der Waals surface area contributed by atoms with Crippen molar-refractivity contribution in [1.29, 1.82) is 0 Å². The van der Waals surface area contributed by atoms with Crippen LogP contribution >= 0.6 is 0 Å². The zero-order valence-corrected chi connectivity index (χ0v) is 14.8. The topological polar surface area (TPSA) is 84.9 Å². The van der Waals surface area contributed by atoms with Gasteiger partial charge in [-0.2, -0.15) is 0 Å². The van der Waals surface area contributed by atoms with Gasteiger partial charge in [0.2, 0.25) is 15.9 Å². The Labute approximate surface area is 150 Å². The van der Waals surface area contributed by atoms with Crippen molar-refractivity contribution in [3.05, 3.63) is 48.3 Å². The van der Waals surface area contributed by atoms with E-state index in [0.717, 1.165) is 10.6 Å². The third kappa shape index (κ3) is 4.23. The van der Waals surface area contributed by atoms with Crippen LogP contribution in [0, 0.1) is 5.82 Å². The van der Waals surface area contributed by atoms with Crippen LogP contribution in [0.1, 0.15) is 0 Å². The number of ether oxygens (including phenoxy) is 2. The van der Waals surface area contributed by atoms with Crippen LogP contribution in [-0.2, 0) is 14.8 Å². The number of anilines is 2. The first-order chi connectivity index (χ1) is 12.3. The molecular formula is C17H17FN2O5S. The number of halogens is 1. The maximum absolute atomic E-state index is 12.9. The Hall–Kier alpha value is -2.81. The summed E-state index contributed by atoms with van der Waals surface area (Å²) in [5, 5.41) is 2.54. The smallest absolute Gasteiger partial charge is 0.245 e. The highest BCUT2D eigenvalue weighted by molar-refractivity contribution is 7.92. The van der Waals surface area contributed by atoms with Gasteiger partial charge >= 0.3 is 0 Å². The summed E-state index contributed by atoms with van der Waals surface area (Å²) in [5.41, 5.74) is 0.651. The number of carbonyl (C=O) groups excluding carboxylic acids is 1.